The average molecular weight is 261 g/mol. The molecule has 0 radical (unpaired) electrons. The van der Waals surface area contributed by atoms with E-state index in [1.165, 1.54) is 0 Å². The number of fused-ring (bicyclic) bond motifs is 1. The third kappa shape index (κ3) is 2.17. The molecule has 0 atom stereocenters. The van der Waals surface area contributed by atoms with Crippen LogP contribution in [-0.4, -0.2) is 17.1 Å². The quantitative estimate of drug-likeness (QED) is 0.764. The molecule has 1 N–H and O–H groups in total. The van der Waals surface area contributed by atoms with Gasteiger partial charge in [-0.3, -0.25) is 0 Å². The maximum atomic E-state index is 5.13. The van der Waals surface area contributed by atoms with Crippen LogP contribution in [0.2, 0.25) is 0 Å². The van der Waals surface area contributed by atoms with Crippen molar-refractivity contribution in [2.24, 2.45) is 0 Å². The van der Waals surface area contributed by atoms with Crippen molar-refractivity contribution in [2.75, 3.05) is 7.11 Å². The molecule has 0 spiro atoms. The van der Waals surface area contributed by atoms with E-state index in [1.807, 2.05) is 48.5 Å². The van der Waals surface area contributed by atoms with Crippen molar-refractivity contribution in [3.63, 3.8) is 0 Å². The third-order valence-corrected chi connectivity index (χ3v) is 2.75. The van der Waals surface area contributed by atoms with Crippen LogP contribution in [0.15, 0.2) is 48.5 Å². The fourth-order valence-electron chi connectivity index (χ4n) is 1.84. The van der Waals surface area contributed by atoms with Gasteiger partial charge < -0.3 is 9.72 Å². The topological polar surface area (TPSA) is 37.9 Å². The SMILES string of the molecule is COc1ccc(-c2nc3ccccc3[nH]2)cc1.Cl. The number of nitrogens with zero attached hydrogens (tertiary/aromatic N) is 1. The number of benzene rings is 2. The Kier molecular flexibility index (Phi) is 3.53. The molecule has 3 nitrogen and oxygen atoms in total. The van der Waals surface area contributed by atoms with Gasteiger partial charge in [-0.25, -0.2) is 4.98 Å². The second-order valence-corrected chi connectivity index (χ2v) is 3.83. The number of aromatic nitrogens is 2. The smallest absolute Gasteiger partial charge is 0.138 e. The summed E-state index contributed by atoms with van der Waals surface area (Å²) in [5.41, 5.74) is 3.10. The lowest BCUT2D eigenvalue weighted by molar-refractivity contribution is 0.415. The molecule has 1 heterocycles. The van der Waals surface area contributed by atoms with Crippen molar-refractivity contribution in [1.29, 1.82) is 0 Å². The predicted molar refractivity (Wildman–Crippen MR) is 75.3 cm³/mol. The molecule has 1 aromatic heterocycles. The Morgan fingerprint density at radius 3 is 2.39 bits per heavy atom. The Morgan fingerprint density at radius 1 is 1.00 bits per heavy atom. The summed E-state index contributed by atoms with van der Waals surface area (Å²) in [6, 6.07) is 15.9. The van der Waals surface area contributed by atoms with Gasteiger partial charge in [-0.15, -0.1) is 12.4 Å². The molecule has 3 rings (SSSR count). The van der Waals surface area contributed by atoms with Gasteiger partial charge in [0.2, 0.25) is 0 Å². The van der Waals surface area contributed by atoms with E-state index in [0.717, 1.165) is 28.2 Å². The monoisotopic (exact) mass is 260 g/mol. The zero-order chi connectivity index (χ0) is 11.7. The molecule has 0 aliphatic carbocycles. The van der Waals surface area contributed by atoms with Crippen LogP contribution in [0.3, 0.4) is 0 Å². The van der Waals surface area contributed by atoms with Crippen molar-refractivity contribution >= 4 is 23.4 Å². The molecule has 0 fully saturated rings. The summed E-state index contributed by atoms with van der Waals surface area (Å²) in [5, 5.41) is 0. The number of para-hydroxylation sites is 2. The normalized spacial score (nSPS) is 10.1. The number of rotatable bonds is 2. The molecular formula is C14H13ClN2O. The van der Waals surface area contributed by atoms with Crippen molar-refractivity contribution in [2.45, 2.75) is 0 Å². The first-order chi connectivity index (χ1) is 8.36. The van der Waals surface area contributed by atoms with E-state index in [1.54, 1.807) is 7.11 Å². The zero-order valence-corrected chi connectivity index (χ0v) is 10.7. The number of hydrogen-bond donors (Lipinski definition) is 1. The number of nitrogens with one attached hydrogen (secondary N) is 1. The van der Waals surface area contributed by atoms with Gasteiger partial charge in [-0.2, -0.15) is 0 Å². The summed E-state index contributed by atoms with van der Waals surface area (Å²) in [6.45, 7) is 0. The van der Waals surface area contributed by atoms with Gasteiger partial charge >= 0.3 is 0 Å². The molecule has 0 amide bonds. The Balaban J connectivity index is 0.00000120. The first-order valence-corrected chi connectivity index (χ1v) is 5.46. The minimum absolute atomic E-state index is 0. The van der Waals surface area contributed by atoms with Gasteiger partial charge in [0, 0.05) is 5.56 Å². The number of methoxy groups -OCH3 is 1. The van der Waals surface area contributed by atoms with Crippen molar-refractivity contribution < 1.29 is 4.74 Å². The maximum absolute atomic E-state index is 5.13. The largest absolute Gasteiger partial charge is 0.497 e. The summed E-state index contributed by atoms with van der Waals surface area (Å²) in [4.78, 5) is 7.84. The molecule has 18 heavy (non-hydrogen) atoms. The summed E-state index contributed by atoms with van der Waals surface area (Å²) in [5.74, 6) is 1.73. The van der Waals surface area contributed by atoms with Gasteiger partial charge in [-0.05, 0) is 36.4 Å². The van der Waals surface area contributed by atoms with Gasteiger partial charge in [0.05, 0.1) is 18.1 Å². The molecule has 0 saturated carbocycles. The highest BCUT2D eigenvalue weighted by atomic mass is 35.5. The molecule has 0 bridgehead atoms. The Hall–Kier alpha value is -2.00. The second-order valence-electron chi connectivity index (χ2n) is 3.83. The number of imidazole rings is 1. The van der Waals surface area contributed by atoms with Crippen LogP contribution < -0.4 is 4.74 Å². The first kappa shape index (κ1) is 12.5. The van der Waals surface area contributed by atoms with Crippen LogP contribution in [-0.2, 0) is 0 Å². The number of H-pyrrole nitrogens is 1. The molecule has 0 aliphatic rings. The maximum Gasteiger partial charge on any atom is 0.138 e. The minimum Gasteiger partial charge on any atom is -0.497 e. The summed E-state index contributed by atoms with van der Waals surface area (Å²) in [7, 11) is 1.66. The van der Waals surface area contributed by atoms with E-state index in [2.05, 4.69) is 9.97 Å². The molecular weight excluding hydrogens is 248 g/mol. The number of hydrogen-bond acceptors (Lipinski definition) is 2. The van der Waals surface area contributed by atoms with Crippen LogP contribution in [0.4, 0.5) is 0 Å². The lowest BCUT2D eigenvalue weighted by Gasteiger charge is -2.00. The van der Waals surface area contributed by atoms with Crippen molar-refractivity contribution in [3.8, 4) is 17.1 Å². The fraction of sp³-hybridized carbons (Fsp3) is 0.0714. The highest BCUT2D eigenvalue weighted by molar-refractivity contribution is 5.85. The van der Waals surface area contributed by atoms with E-state index in [9.17, 15) is 0 Å². The van der Waals surface area contributed by atoms with Crippen LogP contribution >= 0.6 is 12.4 Å². The Labute approximate surface area is 111 Å². The third-order valence-electron chi connectivity index (χ3n) is 2.75. The number of aromatic amines is 1. The summed E-state index contributed by atoms with van der Waals surface area (Å²) in [6.07, 6.45) is 0. The van der Waals surface area contributed by atoms with E-state index >= 15 is 0 Å². The fourth-order valence-corrected chi connectivity index (χ4v) is 1.84. The minimum atomic E-state index is 0. The lowest BCUT2D eigenvalue weighted by atomic mass is 10.2. The van der Waals surface area contributed by atoms with Crippen LogP contribution in [0.25, 0.3) is 22.4 Å². The summed E-state index contributed by atoms with van der Waals surface area (Å²) >= 11 is 0. The van der Waals surface area contributed by atoms with E-state index < -0.39 is 0 Å². The highest BCUT2D eigenvalue weighted by Crippen LogP contribution is 2.22. The second kappa shape index (κ2) is 5.10. The van der Waals surface area contributed by atoms with E-state index in [-0.39, 0.29) is 12.4 Å². The molecule has 0 saturated heterocycles. The molecule has 2 aromatic carbocycles. The van der Waals surface area contributed by atoms with E-state index in [4.69, 9.17) is 4.74 Å². The van der Waals surface area contributed by atoms with Gasteiger partial charge in [0.25, 0.3) is 0 Å². The number of ether oxygens (including phenoxy) is 1. The molecule has 0 unspecified atom stereocenters. The van der Waals surface area contributed by atoms with Crippen LogP contribution in [0, 0.1) is 0 Å². The highest BCUT2D eigenvalue weighted by Gasteiger charge is 2.04. The first-order valence-electron chi connectivity index (χ1n) is 5.46. The average Bonchev–Trinajstić information content (AvgIpc) is 2.82. The van der Waals surface area contributed by atoms with E-state index in [0.29, 0.717) is 0 Å². The van der Waals surface area contributed by atoms with Crippen LogP contribution in [0.1, 0.15) is 0 Å². The lowest BCUT2D eigenvalue weighted by Crippen LogP contribution is -1.83. The zero-order valence-electron chi connectivity index (χ0n) is 9.88. The molecule has 4 heteroatoms. The van der Waals surface area contributed by atoms with Crippen molar-refractivity contribution in [1.82, 2.24) is 9.97 Å². The van der Waals surface area contributed by atoms with Gasteiger partial charge in [0.1, 0.15) is 11.6 Å². The Morgan fingerprint density at radius 2 is 1.72 bits per heavy atom. The molecule has 92 valence electrons. The molecule has 0 aliphatic heterocycles. The van der Waals surface area contributed by atoms with Gasteiger partial charge in [-0.1, -0.05) is 12.1 Å². The molecule has 3 aromatic rings. The standard InChI is InChI=1S/C14H12N2O.ClH/c1-17-11-8-6-10(7-9-11)14-15-12-4-2-3-5-13(12)16-14;/h2-9H,1H3,(H,15,16);1H. The van der Waals surface area contributed by atoms with Gasteiger partial charge in [0.15, 0.2) is 0 Å². The summed E-state index contributed by atoms with van der Waals surface area (Å²) < 4.78 is 5.13. The van der Waals surface area contributed by atoms with Crippen LogP contribution in [0.5, 0.6) is 5.75 Å². The number of halogens is 1. The predicted octanol–water partition coefficient (Wildman–Crippen LogP) is 3.66. The van der Waals surface area contributed by atoms with Crippen molar-refractivity contribution in [3.05, 3.63) is 48.5 Å². The Bertz CT molecular complexity index is 613.